The lowest BCUT2D eigenvalue weighted by Crippen LogP contribution is -1.64. The quantitative estimate of drug-likeness (QED) is 0.479. The summed E-state index contributed by atoms with van der Waals surface area (Å²) in [6.07, 6.45) is 7.52. The van der Waals surface area contributed by atoms with E-state index in [0.29, 0.717) is 0 Å². The highest BCUT2D eigenvalue weighted by Gasteiger charge is 1.74. The molecule has 0 aromatic heterocycles. The van der Waals surface area contributed by atoms with Crippen LogP contribution in [0.5, 0.6) is 0 Å². The third-order valence-electron chi connectivity index (χ3n) is 0.956. The molecular formula is C8H14. The van der Waals surface area contributed by atoms with Gasteiger partial charge in [-0.05, 0) is 20.3 Å². The highest BCUT2D eigenvalue weighted by molar-refractivity contribution is 5.14. The molecule has 0 unspecified atom stereocenters. The zero-order chi connectivity index (χ0) is 6.41. The van der Waals surface area contributed by atoms with E-state index in [1.165, 1.54) is 5.57 Å². The first-order valence-corrected chi connectivity index (χ1v) is 3.10. The van der Waals surface area contributed by atoms with Crippen molar-refractivity contribution in [3.63, 3.8) is 0 Å². The van der Waals surface area contributed by atoms with Gasteiger partial charge in [-0.2, -0.15) is 0 Å². The Balaban J connectivity index is 3.61. The zero-order valence-corrected chi connectivity index (χ0v) is 5.94. The normalized spacial score (nSPS) is 13.1. The molecule has 0 aliphatic carbocycles. The van der Waals surface area contributed by atoms with E-state index in [9.17, 15) is 0 Å². The average molecular weight is 110 g/mol. The van der Waals surface area contributed by atoms with E-state index < -0.39 is 0 Å². The van der Waals surface area contributed by atoms with Crippen LogP contribution in [0.2, 0.25) is 0 Å². The monoisotopic (exact) mass is 110 g/mol. The Morgan fingerprint density at radius 3 is 2.50 bits per heavy atom. The highest BCUT2D eigenvalue weighted by Crippen LogP contribution is 1.95. The lowest BCUT2D eigenvalue weighted by atomic mass is 10.2. The molecule has 0 rings (SSSR count). The van der Waals surface area contributed by atoms with Gasteiger partial charge in [-0.15, -0.1) is 0 Å². The number of allylic oxidation sites excluding steroid dienone is 4. The third kappa shape index (κ3) is 3.66. The maximum Gasteiger partial charge on any atom is -0.0374 e. The Morgan fingerprint density at radius 1 is 1.50 bits per heavy atom. The van der Waals surface area contributed by atoms with Crippen LogP contribution >= 0.6 is 0 Å². The molecule has 0 atom stereocenters. The van der Waals surface area contributed by atoms with Gasteiger partial charge in [0.1, 0.15) is 0 Å². The summed E-state index contributed by atoms with van der Waals surface area (Å²) in [4.78, 5) is 0. The molecule has 0 radical (unpaired) electrons. The van der Waals surface area contributed by atoms with Crippen molar-refractivity contribution in [2.45, 2.75) is 27.2 Å². The van der Waals surface area contributed by atoms with Gasteiger partial charge >= 0.3 is 0 Å². The fourth-order valence-electron chi connectivity index (χ4n) is 0.653. The van der Waals surface area contributed by atoms with Crippen molar-refractivity contribution >= 4 is 0 Å². The summed E-state index contributed by atoms with van der Waals surface area (Å²) in [6, 6.07) is 0. The van der Waals surface area contributed by atoms with Gasteiger partial charge in [0.05, 0.1) is 0 Å². The van der Waals surface area contributed by atoms with Crippen LogP contribution in [0, 0.1) is 0 Å². The molecule has 0 aromatic rings. The first kappa shape index (κ1) is 7.48. The van der Waals surface area contributed by atoms with Crippen LogP contribution in [-0.2, 0) is 0 Å². The Hall–Kier alpha value is -0.520. The van der Waals surface area contributed by atoms with Crippen molar-refractivity contribution in [1.82, 2.24) is 0 Å². The number of hydrogen-bond acceptors (Lipinski definition) is 0. The molecule has 0 amide bonds. The van der Waals surface area contributed by atoms with E-state index >= 15 is 0 Å². The standard InChI is InChI=1S/C8H14/c1-4-6-8(3)7-5-2/h4,6-7H,5H2,1-3H3. The minimum atomic E-state index is 1.14. The lowest BCUT2D eigenvalue weighted by molar-refractivity contribution is 1.20. The minimum absolute atomic E-state index is 1.14. The lowest BCUT2D eigenvalue weighted by Gasteiger charge is -1.85. The van der Waals surface area contributed by atoms with Gasteiger partial charge in [-0.1, -0.05) is 30.7 Å². The molecule has 0 N–H and O–H groups in total. The Labute approximate surface area is 51.9 Å². The van der Waals surface area contributed by atoms with Gasteiger partial charge in [-0.25, -0.2) is 0 Å². The molecule has 0 aliphatic rings. The third-order valence-corrected chi connectivity index (χ3v) is 0.956. The zero-order valence-electron chi connectivity index (χ0n) is 5.94. The molecule has 0 fully saturated rings. The van der Waals surface area contributed by atoms with Gasteiger partial charge in [0.2, 0.25) is 0 Å². The second-order valence-corrected chi connectivity index (χ2v) is 1.86. The van der Waals surface area contributed by atoms with Crippen molar-refractivity contribution in [1.29, 1.82) is 0 Å². The molecule has 0 aliphatic heterocycles. The van der Waals surface area contributed by atoms with Crippen molar-refractivity contribution in [2.24, 2.45) is 0 Å². The predicted octanol–water partition coefficient (Wildman–Crippen LogP) is 2.92. The summed E-state index contributed by atoms with van der Waals surface area (Å²) in [5, 5.41) is 0. The summed E-state index contributed by atoms with van der Waals surface area (Å²) in [5.41, 5.74) is 1.36. The summed E-state index contributed by atoms with van der Waals surface area (Å²) in [6.45, 7) is 6.30. The van der Waals surface area contributed by atoms with Crippen LogP contribution in [0.1, 0.15) is 27.2 Å². The largest absolute Gasteiger partial charge is 0.0874 e. The van der Waals surface area contributed by atoms with Crippen molar-refractivity contribution in [2.75, 3.05) is 0 Å². The fraction of sp³-hybridized carbons (Fsp3) is 0.500. The van der Waals surface area contributed by atoms with Gasteiger partial charge in [0.15, 0.2) is 0 Å². The Bertz CT molecular complexity index is 96.6. The van der Waals surface area contributed by atoms with Gasteiger partial charge in [-0.3, -0.25) is 0 Å². The molecular weight excluding hydrogens is 96.1 g/mol. The number of hydrogen-bond donors (Lipinski definition) is 0. The van der Waals surface area contributed by atoms with Crippen molar-refractivity contribution in [3.05, 3.63) is 23.8 Å². The average Bonchev–Trinajstić information content (AvgIpc) is 1.68. The van der Waals surface area contributed by atoms with Crippen LogP contribution < -0.4 is 0 Å². The topological polar surface area (TPSA) is 0 Å². The van der Waals surface area contributed by atoms with Gasteiger partial charge in [0.25, 0.3) is 0 Å². The van der Waals surface area contributed by atoms with Gasteiger partial charge in [0, 0.05) is 0 Å². The molecule has 0 heteroatoms. The highest BCUT2D eigenvalue weighted by atomic mass is 13.8. The first-order valence-electron chi connectivity index (χ1n) is 3.10. The van der Waals surface area contributed by atoms with E-state index in [4.69, 9.17) is 0 Å². The van der Waals surface area contributed by atoms with E-state index in [1.807, 2.05) is 6.92 Å². The second kappa shape index (κ2) is 4.63. The van der Waals surface area contributed by atoms with Crippen LogP contribution in [-0.4, -0.2) is 0 Å². The summed E-state index contributed by atoms with van der Waals surface area (Å²) in [7, 11) is 0. The predicted molar refractivity (Wildman–Crippen MR) is 38.9 cm³/mol. The second-order valence-electron chi connectivity index (χ2n) is 1.86. The van der Waals surface area contributed by atoms with Crippen LogP contribution in [0.25, 0.3) is 0 Å². The fourth-order valence-corrected chi connectivity index (χ4v) is 0.653. The van der Waals surface area contributed by atoms with Crippen LogP contribution in [0.15, 0.2) is 23.8 Å². The molecule has 0 spiro atoms. The van der Waals surface area contributed by atoms with Crippen LogP contribution in [0.4, 0.5) is 0 Å². The molecule has 0 aromatic carbocycles. The molecule has 8 heavy (non-hydrogen) atoms. The summed E-state index contributed by atoms with van der Waals surface area (Å²) >= 11 is 0. The maximum absolute atomic E-state index is 2.21. The summed E-state index contributed by atoms with van der Waals surface area (Å²) in [5.74, 6) is 0. The smallest absolute Gasteiger partial charge is 0.0374 e. The molecule has 0 heterocycles. The van der Waals surface area contributed by atoms with Crippen molar-refractivity contribution in [3.8, 4) is 0 Å². The van der Waals surface area contributed by atoms with E-state index in [2.05, 4.69) is 32.1 Å². The Kier molecular flexibility index (Phi) is 4.33. The van der Waals surface area contributed by atoms with Crippen molar-refractivity contribution < 1.29 is 0 Å². The van der Waals surface area contributed by atoms with Gasteiger partial charge < -0.3 is 0 Å². The summed E-state index contributed by atoms with van der Waals surface area (Å²) < 4.78 is 0. The Morgan fingerprint density at radius 2 is 2.12 bits per heavy atom. The van der Waals surface area contributed by atoms with E-state index in [-0.39, 0.29) is 0 Å². The first-order chi connectivity index (χ1) is 3.81. The SMILES string of the molecule is CC=CC(C)=CCC. The molecule has 46 valence electrons. The van der Waals surface area contributed by atoms with E-state index in [0.717, 1.165) is 6.42 Å². The van der Waals surface area contributed by atoms with E-state index in [1.54, 1.807) is 0 Å². The number of rotatable bonds is 2. The molecule has 0 nitrogen and oxygen atoms in total. The van der Waals surface area contributed by atoms with Crippen LogP contribution in [0.3, 0.4) is 0 Å². The minimum Gasteiger partial charge on any atom is -0.0874 e. The maximum atomic E-state index is 2.21. The molecule has 0 saturated carbocycles. The molecule has 0 saturated heterocycles. The molecule has 0 bridgehead atoms.